The molecule has 0 saturated carbocycles. The molecule has 1 aromatic heterocycles. The predicted molar refractivity (Wildman–Crippen MR) is 79.2 cm³/mol. The van der Waals surface area contributed by atoms with Crippen LogP contribution in [-0.2, 0) is 6.42 Å². The molecule has 3 heteroatoms. The van der Waals surface area contributed by atoms with Crippen LogP contribution in [0, 0.1) is 6.92 Å². The summed E-state index contributed by atoms with van der Waals surface area (Å²) >= 11 is 1.76. The van der Waals surface area contributed by atoms with Crippen molar-refractivity contribution in [1.29, 1.82) is 0 Å². The molecule has 100 valence electrons. The summed E-state index contributed by atoms with van der Waals surface area (Å²) in [6, 6.07) is 0.495. The van der Waals surface area contributed by atoms with Gasteiger partial charge in [-0.1, -0.05) is 25.0 Å². The van der Waals surface area contributed by atoms with Crippen molar-refractivity contribution < 1.29 is 0 Å². The van der Waals surface area contributed by atoms with E-state index in [1.807, 2.05) is 0 Å². The van der Waals surface area contributed by atoms with Crippen LogP contribution in [0.1, 0.15) is 49.7 Å². The summed E-state index contributed by atoms with van der Waals surface area (Å²) < 4.78 is 0. The zero-order valence-electron chi connectivity index (χ0n) is 11.5. The Morgan fingerprint density at radius 1 is 1.39 bits per heavy atom. The molecule has 1 unspecified atom stereocenters. The normalized spacial score (nSPS) is 18.2. The average molecular weight is 264 g/mol. The van der Waals surface area contributed by atoms with E-state index in [4.69, 9.17) is 0 Å². The number of allylic oxidation sites excluding steroid dienone is 1. The number of likely N-dealkylation sites (N-methyl/N-ethyl adjacent to an activating group) is 1. The SMILES string of the molecule is CCNC(Cc1csc(C)n1)C1=CCCCCC1. The van der Waals surface area contributed by atoms with Gasteiger partial charge >= 0.3 is 0 Å². The van der Waals surface area contributed by atoms with Gasteiger partial charge in [0.15, 0.2) is 0 Å². The van der Waals surface area contributed by atoms with Gasteiger partial charge in [0, 0.05) is 17.8 Å². The number of hydrogen-bond donors (Lipinski definition) is 1. The zero-order valence-corrected chi connectivity index (χ0v) is 12.4. The van der Waals surface area contributed by atoms with Crippen LogP contribution in [0.5, 0.6) is 0 Å². The highest BCUT2D eigenvalue weighted by Gasteiger charge is 2.16. The summed E-state index contributed by atoms with van der Waals surface area (Å²) in [7, 11) is 0. The Labute approximate surface area is 115 Å². The molecule has 1 atom stereocenters. The minimum atomic E-state index is 0.495. The molecule has 2 nitrogen and oxygen atoms in total. The van der Waals surface area contributed by atoms with E-state index in [-0.39, 0.29) is 0 Å². The quantitative estimate of drug-likeness (QED) is 0.817. The van der Waals surface area contributed by atoms with Crippen LogP contribution < -0.4 is 5.32 Å². The molecule has 18 heavy (non-hydrogen) atoms. The third-order valence-electron chi connectivity index (χ3n) is 3.55. The van der Waals surface area contributed by atoms with Crippen molar-refractivity contribution in [3.63, 3.8) is 0 Å². The zero-order chi connectivity index (χ0) is 12.8. The summed E-state index contributed by atoms with van der Waals surface area (Å²) in [5, 5.41) is 7.02. The fourth-order valence-electron chi connectivity index (χ4n) is 2.65. The van der Waals surface area contributed by atoms with Crippen molar-refractivity contribution in [2.24, 2.45) is 0 Å². The number of aromatic nitrogens is 1. The van der Waals surface area contributed by atoms with Gasteiger partial charge in [0.1, 0.15) is 0 Å². The second-order valence-electron chi connectivity index (χ2n) is 5.05. The lowest BCUT2D eigenvalue weighted by molar-refractivity contribution is 0.557. The maximum atomic E-state index is 4.60. The van der Waals surface area contributed by atoms with Crippen LogP contribution in [0.4, 0.5) is 0 Å². The summed E-state index contributed by atoms with van der Waals surface area (Å²) in [6.07, 6.45) is 10.1. The van der Waals surface area contributed by atoms with Crippen LogP contribution in [0.15, 0.2) is 17.0 Å². The maximum Gasteiger partial charge on any atom is 0.0897 e. The van der Waals surface area contributed by atoms with Crippen molar-refractivity contribution in [2.75, 3.05) is 6.54 Å². The van der Waals surface area contributed by atoms with Gasteiger partial charge in [-0.15, -0.1) is 11.3 Å². The minimum absolute atomic E-state index is 0.495. The molecule has 0 radical (unpaired) electrons. The highest BCUT2D eigenvalue weighted by molar-refractivity contribution is 7.09. The number of nitrogens with one attached hydrogen (secondary N) is 1. The van der Waals surface area contributed by atoms with Crippen LogP contribution in [0.25, 0.3) is 0 Å². The maximum absolute atomic E-state index is 4.60. The second-order valence-corrected chi connectivity index (χ2v) is 6.11. The van der Waals surface area contributed by atoms with Crippen molar-refractivity contribution in [3.8, 4) is 0 Å². The third-order valence-corrected chi connectivity index (χ3v) is 4.38. The van der Waals surface area contributed by atoms with Crippen molar-refractivity contribution in [2.45, 2.75) is 58.4 Å². The first-order valence-corrected chi connectivity index (χ1v) is 8.01. The van der Waals surface area contributed by atoms with Crippen LogP contribution in [0.3, 0.4) is 0 Å². The lowest BCUT2D eigenvalue weighted by Crippen LogP contribution is -2.33. The Morgan fingerprint density at radius 2 is 2.28 bits per heavy atom. The second kappa shape index (κ2) is 7.05. The van der Waals surface area contributed by atoms with Gasteiger partial charge in [-0.05, 0) is 39.2 Å². The third kappa shape index (κ3) is 3.92. The molecule has 1 aliphatic rings. The summed E-state index contributed by atoms with van der Waals surface area (Å²) in [4.78, 5) is 4.60. The molecule has 0 saturated heterocycles. The lowest BCUT2D eigenvalue weighted by Gasteiger charge is -2.20. The fourth-order valence-corrected chi connectivity index (χ4v) is 3.27. The van der Waals surface area contributed by atoms with Gasteiger partial charge < -0.3 is 5.32 Å². The number of aryl methyl sites for hydroxylation is 1. The predicted octanol–water partition coefficient (Wildman–Crippen LogP) is 3.86. The molecule has 0 aromatic carbocycles. The van der Waals surface area contributed by atoms with E-state index in [0.717, 1.165) is 13.0 Å². The first-order chi connectivity index (χ1) is 8.79. The van der Waals surface area contributed by atoms with Crippen molar-refractivity contribution >= 4 is 11.3 Å². The van der Waals surface area contributed by atoms with Gasteiger partial charge in [0.05, 0.1) is 10.7 Å². The summed E-state index contributed by atoms with van der Waals surface area (Å²) in [6.45, 7) is 5.31. The highest BCUT2D eigenvalue weighted by Crippen LogP contribution is 2.22. The number of nitrogens with zero attached hydrogens (tertiary/aromatic N) is 1. The molecule has 1 N–H and O–H groups in total. The largest absolute Gasteiger partial charge is 0.310 e. The van der Waals surface area contributed by atoms with Crippen LogP contribution in [0.2, 0.25) is 0 Å². The van der Waals surface area contributed by atoms with E-state index in [0.29, 0.717) is 6.04 Å². The van der Waals surface area contributed by atoms with Crippen molar-refractivity contribution in [3.05, 3.63) is 27.7 Å². The van der Waals surface area contributed by atoms with E-state index in [1.54, 1.807) is 16.9 Å². The van der Waals surface area contributed by atoms with E-state index in [1.165, 1.54) is 42.8 Å². The Balaban J connectivity index is 2.04. The molecule has 1 heterocycles. The van der Waals surface area contributed by atoms with Crippen LogP contribution in [-0.4, -0.2) is 17.6 Å². The Morgan fingerprint density at radius 3 is 3.00 bits per heavy atom. The fraction of sp³-hybridized carbons (Fsp3) is 0.667. The molecular formula is C15H24N2S. The van der Waals surface area contributed by atoms with Gasteiger partial charge in [-0.25, -0.2) is 4.98 Å². The van der Waals surface area contributed by atoms with E-state index in [2.05, 4.69) is 35.6 Å². The molecular weight excluding hydrogens is 240 g/mol. The monoisotopic (exact) mass is 264 g/mol. The lowest BCUT2D eigenvalue weighted by atomic mass is 9.98. The minimum Gasteiger partial charge on any atom is -0.310 e. The number of rotatable bonds is 5. The van der Waals surface area contributed by atoms with Crippen LogP contribution >= 0.6 is 11.3 Å². The van der Waals surface area contributed by atoms with Gasteiger partial charge in [0.25, 0.3) is 0 Å². The molecule has 0 fully saturated rings. The summed E-state index contributed by atoms with van der Waals surface area (Å²) in [5.74, 6) is 0. The van der Waals surface area contributed by atoms with Gasteiger partial charge in [0.2, 0.25) is 0 Å². The van der Waals surface area contributed by atoms with E-state index in [9.17, 15) is 0 Å². The molecule has 2 rings (SSSR count). The smallest absolute Gasteiger partial charge is 0.0897 e. The average Bonchev–Trinajstić information content (AvgIpc) is 2.63. The number of hydrogen-bond acceptors (Lipinski definition) is 3. The topological polar surface area (TPSA) is 24.9 Å². The molecule has 1 aromatic rings. The Bertz CT molecular complexity index is 395. The molecule has 0 amide bonds. The molecule has 1 aliphatic carbocycles. The first-order valence-electron chi connectivity index (χ1n) is 7.13. The number of thiazole rings is 1. The molecule has 0 spiro atoms. The molecule has 0 aliphatic heterocycles. The highest BCUT2D eigenvalue weighted by atomic mass is 32.1. The van der Waals surface area contributed by atoms with Crippen molar-refractivity contribution in [1.82, 2.24) is 10.3 Å². The molecule has 0 bridgehead atoms. The standard InChI is InChI=1S/C15H24N2S/c1-3-16-15(10-14-11-18-12(2)17-14)13-8-6-4-5-7-9-13/h8,11,15-16H,3-7,9-10H2,1-2H3. The van der Waals surface area contributed by atoms with Gasteiger partial charge in [-0.2, -0.15) is 0 Å². The first kappa shape index (κ1) is 13.8. The van der Waals surface area contributed by atoms with Gasteiger partial charge in [-0.3, -0.25) is 0 Å². The van der Waals surface area contributed by atoms with E-state index >= 15 is 0 Å². The Hall–Kier alpha value is -0.670. The summed E-state index contributed by atoms with van der Waals surface area (Å²) in [5.41, 5.74) is 2.86. The van der Waals surface area contributed by atoms with E-state index < -0.39 is 0 Å². The Kier molecular flexibility index (Phi) is 5.39.